The molecule has 0 aromatic carbocycles. The Balaban J connectivity index is 3.02. The molecular formula is C12H17NO3. The minimum absolute atomic E-state index is 0.449. The van der Waals surface area contributed by atoms with E-state index in [0.29, 0.717) is 12.0 Å². The zero-order valence-corrected chi connectivity index (χ0v) is 9.55. The molecule has 0 amide bonds. The molecule has 0 aliphatic rings. The summed E-state index contributed by atoms with van der Waals surface area (Å²) >= 11 is 0. The number of rotatable bonds is 5. The predicted octanol–water partition coefficient (Wildman–Crippen LogP) is 1.79. The second-order valence-electron chi connectivity index (χ2n) is 4.06. The number of aliphatic hydroxyl groups is 1. The van der Waals surface area contributed by atoms with Crippen molar-refractivity contribution in [1.82, 2.24) is 4.98 Å². The van der Waals surface area contributed by atoms with E-state index in [4.69, 9.17) is 5.11 Å². The van der Waals surface area contributed by atoms with Gasteiger partial charge in [-0.2, -0.15) is 0 Å². The first-order valence-corrected chi connectivity index (χ1v) is 5.35. The van der Waals surface area contributed by atoms with E-state index < -0.39 is 17.5 Å². The van der Waals surface area contributed by atoms with Gasteiger partial charge in [0, 0.05) is 12.4 Å². The Labute approximate surface area is 95.0 Å². The number of hydrogen-bond donors (Lipinski definition) is 2. The van der Waals surface area contributed by atoms with Crippen LogP contribution in [0.3, 0.4) is 0 Å². The molecule has 16 heavy (non-hydrogen) atoms. The molecule has 4 heteroatoms. The average molecular weight is 223 g/mol. The summed E-state index contributed by atoms with van der Waals surface area (Å²) in [7, 11) is 0. The number of carbonyl (C=O) groups is 1. The van der Waals surface area contributed by atoms with Crippen LogP contribution in [-0.4, -0.2) is 21.2 Å². The van der Waals surface area contributed by atoms with Crippen molar-refractivity contribution in [3.63, 3.8) is 0 Å². The Hall–Kier alpha value is -1.42. The van der Waals surface area contributed by atoms with Gasteiger partial charge in [0.2, 0.25) is 0 Å². The molecule has 1 aromatic heterocycles. The minimum Gasteiger partial charge on any atom is -0.481 e. The molecule has 0 fully saturated rings. The lowest BCUT2D eigenvalue weighted by Crippen LogP contribution is -2.37. The molecule has 2 atom stereocenters. The van der Waals surface area contributed by atoms with Crippen molar-refractivity contribution in [2.24, 2.45) is 5.92 Å². The van der Waals surface area contributed by atoms with Crippen LogP contribution in [0.1, 0.15) is 32.3 Å². The standard InChI is InChI=1S/C12H17NO3/c1-3-4-10(11(14)15)12(2,16)9-5-7-13-8-6-9/h5-8,10,16H,3-4H2,1-2H3,(H,14,15). The molecule has 1 aromatic rings. The first-order chi connectivity index (χ1) is 7.50. The first kappa shape index (κ1) is 12.6. The van der Waals surface area contributed by atoms with Crippen molar-refractivity contribution in [3.8, 4) is 0 Å². The third-order valence-corrected chi connectivity index (χ3v) is 2.82. The van der Waals surface area contributed by atoms with Crippen LogP contribution in [0.25, 0.3) is 0 Å². The Morgan fingerprint density at radius 1 is 1.50 bits per heavy atom. The molecule has 2 unspecified atom stereocenters. The van der Waals surface area contributed by atoms with E-state index in [-0.39, 0.29) is 0 Å². The van der Waals surface area contributed by atoms with E-state index in [1.54, 1.807) is 24.5 Å². The summed E-state index contributed by atoms with van der Waals surface area (Å²) in [5.41, 5.74) is -0.770. The number of nitrogens with zero attached hydrogens (tertiary/aromatic N) is 1. The van der Waals surface area contributed by atoms with Crippen LogP contribution in [0.15, 0.2) is 24.5 Å². The zero-order valence-electron chi connectivity index (χ0n) is 9.55. The number of carboxylic acids is 1. The van der Waals surface area contributed by atoms with Crippen molar-refractivity contribution >= 4 is 5.97 Å². The maximum atomic E-state index is 11.1. The van der Waals surface area contributed by atoms with Crippen LogP contribution >= 0.6 is 0 Å². The van der Waals surface area contributed by atoms with Gasteiger partial charge >= 0.3 is 5.97 Å². The van der Waals surface area contributed by atoms with Crippen molar-refractivity contribution in [2.75, 3.05) is 0 Å². The molecule has 0 saturated heterocycles. The van der Waals surface area contributed by atoms with E-state index in [2.05, 4.69) is 4.98 Å². The van der Waals surface area contributed by atoms with Crippen LogP contribution in [0.5, 0.6) is 0 Å². The number of pyridine rings is 1. The normalized spacial score (nSPS) is 16.4. The molecule has 0 aliphatic carbocycles. The van der Waals surface area contributed by atoms with Gasteiger partial charge in [0.1, 0.15) is 5.60 Å². The summed E-state index contributed by atoms with van der Waals surface area (Å²) in [5, 5.41) is 19.5. The summed E-state index contributed by atoms with van der Waals surface area (Å²) in [6.07, 6.45) is 4.27. The third kappa shape index (κ3) is 2.58. The maximum Gasteiger partial charge on any atom is 0.309 e. The molecule has 0 spiro atoms. The van der Waals surface area contributed by atoms with Crippen molar-refractivity contribution < 1.29 is 15.0 Å². The zero-order chi connectivity index (χ0) is 12.2. The lowest BCUT2D eigenvalue weighted by molar-refractivity contribution is -0.152. The summed E-state index contributed by atoms with van der Waals surface area (Å²) < 4.78 is 0. The third-order valence-electron chi connectivity index (χ3n) is 2.82. The molecule has 4 nitrogen and oxygen atoms in total. The molecular weight excluding hydrogens is 206 g/mol. The fourth-order valence-electron chi connectivity index (χ4n) is 1.82. The Morgan fingerprint density at radius 2 is 2.06 bits per heavy atom. The van der Waals surface area contributed by atoms with Gasteiger partial charge < -0.3 is 10.2 Å². The monoisotopic (exact) mass is 223 g/mol. The highest BCUT2D eigenvalue weighted by Gasteiger charge is 2.38. The molecule has 0 radical (unpaired) electrons. The molecule has 1 heterocycles. The summed E-state index contributed by atoms with van der Waals surface area (Å²) in [6.45, 7) is 3.44. The van der Waals surface area contributed by atoms with Crippen molar-refractivity contribution in [3.05, 3.63) is 30.1 Å². The van der Waals surface area contributed by atoms with Gasteiger partial charge in [-0.25, -0.2) is 0 Å². The SMILES string of the molecule is CCCC(C(=O)O)C(C)(O)c1ccncc1. The Bertz CT molecular complexity index is 349. The molecule has 0 aliphatic heterocycles. The fraction of sp³-hybridized carbons (Fsp3) is 0.500. The van der Waals surface area contributed by atoms with Crippen LogP contribution < -0.4 is 0 Å². The maximum absolute atomic E-state index is 11.1. The Kier molecular flexibility index (Phi) is 4.01. The smallest absolute Gasteiger partial charge is 0.309 e. The first-order valence-electron chi connectivity index (χ1n) is 5.35. The van der Waals surface area contributed by atoms with Crippen LogP contribution in [0, 0.1) is 5.92 Å². The highest BCUT2D eigenvalue weighted by Crippen LogP contribution is 2.32. The van der Waals surface area contributed by atoms with Crippen LogP contribution in [-0.2, 0) is 10.4 Å². The van der Waals surface area contributed by atoms with E-state index >= 15 is 0 Å². The van der Waals surface area contributed by atoms with Gasteiger partial charge in [0.15, 0.2) is 0 Å². The number of aliphatic carboxylic acids is 1. The molecule has 2 N–H and O–H groups in total. The second-order valence-corrected chi connectivity index (χ2v) is 4.06. The van der Waals surface area contributed by atoms with E-state index in [9.17, 15) is 9.90 Å². The van der Waals surface area contributed by atoms with Gasteiger partial charge in [-0.15, -0.1) is 0 Å². The minimum atomic E-state index is -1.36. The molecule has 0 bridgehead atoms. The summed E-state index contributed by atoms with van der Waals surface area (Å²) in [5.74, 6) is -1.76. The van der Waals surface area contributed by atoms with Gasteiger partial charge in [-0.3, -0.25) is 9.78 Å². The number of aromatic nitrogens is 1. The quantitative estimate of drug-likeness (QED) is 0.798. The van der Waals surface area contributed by atoms with E-state index in [1.165, 1.54) is 6.92 Å². The van der Waals surface area contributed by atoms with Crippen LogP contribution in [0.4, 0.5) is 0 Å². The molecule has 0 saturated carbocycles. The predicted molar refractivity (Wildman–Crippen MR) is 59.8 cm³/mol. The summed E-state index contributed by atoms with van der Waals surface area (Å²) in [4.78, 5) is 15.0. The van der Waals surface area contributed by atoms with Gasteiger partial charge in [0.05, 0.1) is 5.92 Å². The van der Waals surface area contributed by atoms with Crippen LogP contribution in [0.2, 0.25) is 0 Å². The number of carboxylic acid groups (broad SMARTS) is 1. The second kappa shape index (κ2) is 5.07. The molecule has 88 valence electrons. The van der Waals surface area contributed by atoms with Crippen molar-refractivity contribution in [1.29, 1.82) is 0 Å². The highest BCUT2D eigenvalue weighted by atomic mass is 16.4. The highest BCUT2D eigenvalue weighted by molar-refractivity contribution is 5.71. The van der Waals surface area contributed by atoms with E-state index in [1.807, 2.05) is 6.92 Å². The van der Waals surface area contributed by atoms with Crippen molar-refractivity contribution in [2.45, 2.75) is 32.3 Å². The Morgan fingerprint density at radius 3 is 2.50 bits per heavy atom. The average Bonchev–Trinajstić information content (AvgIpc) is 2.26. The number of hydrogen-bond acceptors (Lipinski definition) is 3. The lowest BCUT2D eigenvalue weighted by Gasteiger charge is -2.30. The van der Waals surface area contributed by atoms with Gasteiger partial charge in [0.25, 0.3) is 0 Å². The molecule has 1 rings (SSSR count). The summed E-state index contributed by atoms with van der Waals surface area (Å²) in [6, 6.07) is 3.29. The topological polar surface area (TPSA) is 70.4 Å². The lowest BCUT2D eigenvalue weighted by atomic mass is 9.81. The van der Waals surface area contributed by atoms with Gasteiger partial charge in [-0.05, 0) is 31.0 Å². The van der Waals surface area contributed by atoms with Gasteiger partial charge in [-0.1, -0.05) is 13.3 Å². The largest absolute Gasteiger partial charge is 0.481 e. The fourth-order valence-corrected chi connectivity index (χ4v) is 1.82. The van der Waals surface area contributed by atoms with E-state index in [0.717, 1.165) is 6.42 Å².